The smallest absolute Gasteiger partial charge is 0.410 e. The molecular formula is C16H29N5O4. The second-order valence-corrected chi connectivity index (χ2v) is 6.67. The van der Waals surface area contributed by atoms with Crippen molar-refractivity contribution in [1.29, 1.82) is 0 Å². The van der Waals surface area contributed by atoms with E-state index < -0.39 is 5.60 Å². The van der Waals surface area contributed by atoms with Gasteiger partial charge in [-0.1, -0.05) is 0 Å². The molecule has 0 aliphatic rings. The third-order valence-electron chi connectivity index (χ3n) is 3.15. The Morgan fingerprint density at radius 3 is 2.12 bits per heavy atom. The Kier molecular flexibility index (Phi) is 7.08. The molecule has 9 nitrogen and oxygen atoms in total. The first kappa shape index (κ1) is 20.6. The summed E-state index contributed by atoms with van der Waals surface area (Å²) in [5.74, 6) is 0.750. The molecule has 1 amide bonds. The average Bonchev–Trinajstić information content (AvgIpc) is 2.50. The summed E-state index contributed by atoms with van der Waals surface area (Å²) in [6.07, 6.45) is -0.363. The van der Waals surface area contributed by atoms with Gasteiger partial charge in [0.25, 0.3) is 0 Å². The van der Waals surface area contributed by atoms with Crippen LogP contribution in [0.1, 0.15) is 34.6 Å². The highest BCUT2D eigenvalue weighted by Gasteiger charge is 2.24. The third kappa shape index (κ3) is 6.17. The van der Waals surface area contributed by atoms with Gasteiger partial charge in [0.05, 0.1) is 14.2 Å². The van der Waals surface area contributed by atoms with Crippen molar-refractivity contribution < 1.29 is 19.0 Å². The highest BCUT2D eigenvalue weighted by molar-refractivity contribution is 5.68. The molecule has 1 aromatic rings. The summed E-state index contributed by atoms with van der Waals surface area (Å²) in [6, 6.07) is -0.00643. The van der Waals surface area contributed by atoms with Crippen LogP contribution in [0.2, 0.25) is 0 Å². The minimum Gasteiger partial charge on any atom is -0.479 e. The van der Waals surface area contributed by atoms with Gasteiger partial charge >= 0.3 is 6.09 Å². The number of amides is 1. The number of nitrogens with one attached hydrogen (secondary N) is 1. The van der Waals surface area contributed by atoms with Gasteiger partial charge in [-0.25, -0.2) is 4.79 Å². The van der Waals surface area contributed by atoms with Crippen molar-refractivity contribution in [3.05, 3.63) is 0 Å². The molecule has 0 unspecified atom stereocenters. The summed E-state index contributed by atoms with van der Waals surface area (Å²) in [4.78, 5) is 22.2. The van der Waals surface area contributed by atoms with Crippen LogP contribution in [0.25, 0.3) is 0 Å². The maximum atomic E-state index is 12.3. The lowest BCUT2D eigenvalue weighted by molar-refractivity contribution is 0.0200. The number of anilines is 2. The fraction of sp³-hybridized carbons (Fsp3) is 0.688. The van der Waals surface area contributed by atoms with Gasteiger partial charge in [-0.3, -0.25) is 0 Å². The molecule has 0 saturated carbocycles. The number of aromatic nitrogens is 2. The van der Waals surface area contributed by atoms with Crippen LogP contribution < -0.4 is 20.5 Å². The van der Waals surface area contributed by atoms with E-state index in [2.05, 4.69) is 15.3 Å². The normalized spacial score (nSPS) is 11.2. The van der Waals surface area contributed by atoms with E-state index in [4.69, 9.17) is 19.9 Å². The molecule has 1 aromatic heterocycles. The first-order chi connectivity index (χ1) is 11.6. The quantitative estimate of drug-likeness (QED) is 0.765. The number of rotatable bonds is 7. The van der Waals surface area contributed by atoms with E-state index in [0.29, 0.717) is 19.0 Å². The highest BCUT2D eigenvalue weighted by Crippen LogP contribution is 2.28. The van der Waals surface area contributed by atoms with Crippen molar-refractivity contribution in [2.45, 2.75) is 46.3 Å². The summed E-state index contributed by atoms with van der Waals surface area (Å²) in [6.45, 7) is 10.2. The number of ether oxygens (including phenoxy) is 3. The Hall–Kier alpha value is -2.45. The molecule has 1 heterocycles. The molecule has 0 bridgehead atoms. The molecule has 0 aromatic carbocycles. The SMILES string of the molecule is COc1nc(NCCN(C(=O)OC(C)(C)C)C(C)C)nc(OC)c1N. The van der Waals surface area contributed by atoms with Gasteiger partial charge in [0.2, 0.25) is 17.7 Å². The monoisotopic (exact) mass is 355 g/mol. The number of hydrogen-bond donors (Lipinski definition) is 2. The molecule has 3 N–H and O–H groups in total. The predicted molar refractivity (Wildman–Crippen MR) is 96.1 cm³/mol. The van der Waals surface area contributed by atoms with E-state index in [0.717, 1.165) is 0 Å². The summed E-state index contributed by atoms with van der Waals surface area (Å²) in [7, 11) is 2.93. The van der Waals surface area contributed by atoms with Crippen molar-refractivity contribution in [1.82, 2.24) is 14.9 Å². The Labute approximate surface area is 148 Å². The fourth-order valence-corrected chi connectivity index (χ4v) is 1.99. The summed E-state index contributed by atoms with van der Waals surface area (Å²) in [5.41, 5.74) is 5.50. The molecule has 25 heavy (non-hydrogen) atoms. The van der Waals surface area contributed by atoms with E-state index in [1.165, 1.54) is 14.2 Å². The second-order valence-electron chi connectivity index (χ2n) is 6.67. The van der Waals surface area contributed by atoms with Crippen molar-refractivity contribution in [2.24, 2.45) is 0 Å². The number of nitrogen functional groups attached to an aromatic ring is 1. The standard InChI is InChI=1S/C16H29N5O4/c1-10(2)21(15(22)25-16(3,4)5)9-8-18-14-19-12(23-6)11(17)13(20-14)24-7/h10H,8-9,17H2,1-7H3,(H,18,19,20). The molecule has 0 fully saturated rings. The lowest BCUT2D eigenvalue weighted by Gasteiger charge is -2.30. The van der Waals surface area contributed by atoms with Crippen LogP contribution in [-0.4, -0.2) is 59.9 Å². The van der Waals surface area contributed by atoms with Crippen LogP contribution in [0.4, 0.5) is 16.4 Å². The number of nitrogens with zero attached hydrogens (tertiary/aromatic N) is 3. The Bertz CT molecular complexity index is 561. The van der Waals surface area contributed by atoms with Crippen LogP contribution >= 0.6 is 0 Å². The molecule has 142 valence electrons. The van der Waals surface area contributed by atoms with Crippen molar-refractivity contribution >= 4 is 17.7 Å². The Morgan fingerprint density at radius 2 is 1.72 bits per heavy atom. The van der Waals surface area contributed by atoms with Crippen LogP contribution in [0.3, 0.4) is 0 Å². The lowest BCUT2D eigenvalue weighted by atomic mass is 10.2. The maximum absolute atomic E-state index is 12.3. The zero-order valence-electron chi connectivity index (χ0n) is 16.0. The van der Waals surface area contributed by atoms with Crippen molar-refractivity contribution in [2.75, 3.05) is 38.4 Å². The molecule has 0 aliphatic carbocycles. The molecule has 0 aliphatic heterocycles. The van der Waals surface area contributed by atoms with Gasteiger partial charge in [0, 0.05) is 19.1 Å². The van der Waals surface area contributed by atoms with E-state index in [1.807, 2.05) is 34.6 Å². The minimum absolute atomic E-state index is 0.00643. The van der Waals surface area contributed by atoms with Crippen LogP contribution in [0.15, 0.2) is 0 Å². The zero-order chi connectivity index (χ0) is 19.2. The number of carbonyl (C=O) groups is 1. The summed E-state index contributed by atoms with van der Waals surface area (Å²) < 4.78 is 15.6. The second kappa shape index (κ2) is 8.59. The average molecular weight is 355 g/mol. The molecular weight excluding hydrogens is 326 g/mol. The van der Waals surface area contributed by atoms with E-state index in [-0.39, 0.29) is 29.6 Å². The van der Waals surface area contributed by atoms with E-state index in [1.54, 1.807) is 4.90 Å². The van der Waals surface area contributed by atoms with Crippen molar-refractivity contribution in [3.8, 4) is 11.8 Å². The molecule has 0 atom stereocenters. The first-order valence-corrected chi connectivity index (χ1v) is 8.08. The topological polar surface area (TPSA) is 112 Å². The predicted octanol–water partition coefficient (Wildman–Crippen LogP) is 2.13. The van der Waals surface area contributed by atoms with Gasteiger partial charge in [0.15, 0.2) is 5.69 Å². The van der Waals surface area contributed by atoms with Gasteiger partial charge in [-0.05, 0) is 34.6 Å². The van der Waals surface area contributed by atoms with Crippen LogP contribution in [0.5, 0.6) is 11.8 Å². The molecule has 0 spiro atoms. The third-order valence-corrected chi connectivity index (χ3v) is 3.15. The van der Waals surface area contributed by atoms with Gasteiger partial charge in [0.1, 0.15) is 5.60 Å². The molecule has 1 rings (SSSR count). The molecule has 0 saturated heterocycles. The van der Waals surface area contributed by atoms with Gasteiger partial charge < -0.3 is 30.2 Å². The van der Waals surface area contributed by atoms with Gasteiger partial charge in [-0.15, -0.1) is 0 Å². The number of hydrogen-bond acceptors (Lipinski definition) is 8. The van der Waals surface area contributed by atoms with Crippen LogP contribution in [-0.2, 0) is 4.74 Å². The van der Waals surface area contributed by atoms with Gasteiger partial charge in [-0.2, -0.15) is 9.97 Å². The Morgan fingerprint density at radius 1 is 1.20 bits per heavy atom. The van der Waals surface area contributed by atoms with E-state index in [9.17, 15) is 4.79 Å². The minimum atomic E-state index is -0.543. The fourth-order valence-electron chi connectivity index (χ4n) is 1.99. The van der Waals surface area contributed by atoms with Crippen molar-refractivity contribution in [3.63, 3.8) is 0 Å². The summed E-state index contributed by atoms with van der Waals surface area (Å²) >= 11 is 0. The number of methoxy groups -OCH3 is 2. The maximum Gasteiger partial charge on any atom is 0.410 e. The summed E-state index contributed by atoms with van der Waals surface area (Å²) in [5, 5.41) is 3.04. The molecule has 9 heteroatoms. The lowest BCUT2D eigenvalue weighted by Crippen LogP contribution is -2.43. The van der Waals surface area contributed by atoms with E-state index >= 15 is 0 Å². The largest absolute Gasteiger partial charge is 0.479 e. The first-order valence-electron chi connectivity index (χ1n) is 8.08. The Balaban J connectivity index is 2.75. The highest BCUT2D eigenvalue weighted by atomic mass is 16.6. The number of nitrogens with two attached hydrogens (primary N) is 1. The molecule has 0 radical (unpaired) electrons. The number of carbonyl (C=O) groups excluding carboxylic acids is 1. The zero-order valence-corrected chi connectivity index (χ0v) is 16.0. The van der Waals surface area contributed by atoms with Crippen LogP contribution in [0, 0.1) is 0 Å².